The summed E-state index contributed by atoms with van der Waals surface area (Å²) in [5, 5.41) is 3.42. The van der Waals surface area contributed by atoms with E-state index in [0.29, 0.717) is 29.4 Å². The molecule has 0 fully saturated rings. The van der Waals surface area contributed by atoms with Crippen molar-refractivity contribution in [2.45, 2.75) is 13.5 Å². The molecule has 0 unspecified atom stereocenters. The molecule has 2 aromatic carbocycles. The molecule has 0 aliphatic rings. The number of hydrogen-bond donors (Lipinski definition) is 1. The molecule has 0 bridgehead atoms. The van der Waals surface area contributed by atoms with Crippen LogP contribution >= 0.6 is 11.6 Å². The van der Waals surface area contributed by atoms with Crippen LogP contribution in [0.3, 0.4) is 0 Å². The van der Waals surface area contributed by atoms with Crippen LogP contribution in [0, 0.1) is 0 Å². The third-order valence-corrected chi connectivity index (χ3v) is 4.01. The van der Waals surface area contributed by atoms with E-state index in [1.165, 1.54) is 0 Å². The Morgan fingerprint density at radius 1 is 1.15 bits per heavy atom. The van der Waals surface area contributed by atoms with Gasteiger partial charge >= 0.3 is 5.97 Å². The van der Waals surface area contributed by atoms with Crippen molar-refractivity contribution in [3.63, 3.8) is 0 Å². The Bertz CT molecular complexity index is 793. The number of nitrogens with one attached hydrogen (secondary N) is 1. The number of nitrogens with zero attached hydrogens (tertiary/aromatic N) is 1. The van der Waals surface area contributed by atoms with Gasteiger partial charge in [0.1, 0.15) is 5.75 Å². The predicted octanol–water partition coefficient (Wildman–Crippen LogP) is 3.60. The molecule has 0 saturated carbocycles. The van der Waals surface area contributed by atoms with Crippen molar-refractivity contribution in [2.24, 2.45) is 0 Å². The van der Waals surface area contributed by atoms with E-state index in [4.69, 9.17) is 21.1 Å². The lowest BCUT2D eigenvalue weighted by molar-refractivity contribution is -0.117. The van der Waals surface area contributed by atoms with Crippen molar-refractivity contribution in [3.05, 3.63) is 58.6 Å². The lowest BCUT2D eigenvalue weighted by Crippen LogP contribution is -2.30. The van der Waals surface area contributed by atoms with E-state index >= 15 is 0 Å². The van der Waals surface area contributed by atoms with Gasteiger partial charge in [0.05, 0.1) is 25.8 Å². The minimum absolute atomic E-state index is 0.164. The van der Waals surface area contributed by atoms with E-state index < -0.39 is 0 Å². The van der Waals surface area contributed by atoms with E-state index in [0.717, 1.165) is 11.3 Å². The normalized spacial score (nSPS) is 10.6. The van der Waals surface area contributed by atoms with Gasteiger partial charge in [-0.2, -0.15) is 0 Å². The Labute approximate surface area is 164 Å². The number of rotatable bonds is 8. The Morgan fingerprint density at radius 3 is 2.48 bits per heavy atom. The lowest BCUT2D eigenvalue weighted by Gasteiger charge is -2.18. The largest absolute Gasteiger partial charge is 0.496 e. The first-order chi connectivity index (χ1) is 12.9. The second kappa shape index (κ2) is 9.94. The maximum absolute atomic E-state index is 12.3. The molecule has 0 aliphatic carbocycles. The number of methoxy groups -OCH3 is 1. The number of anilines is 1. The third-order valence-electron chi connectivity index (χ3n) is 3.78. The molecule has 27 heavy (non-hydrogen) atoms. The van der Waals surface area contributed by atoms with E-state index in [1.54, 1.807) is 50.4 Å². The fourth-order valence-corrected chi connectivity index (χ4v) is 2.76. The Balaban J connectivity index is 1.91. The number of likely N-dealkylation sites (N-methyl/N-ethyl adjacent to an activating group) is 1. The van der Waals surface area contributed by atoms with Crippen molar-refractivity contribution >= 4 is 29.2 Å². The molecule has 0 aromatic heterocycles. The summed E-state index contributed by atoms with van der Waals surface area (Å²) < 4.78 is 10.3. The number of halogens is 1. The fraction of sp³-hybridized carbons (Fsp3) is 0.300. The average molecular weight is 391 g/mol. The molecule has 2 rings (SSSR count). The topological polar surface area (TPSA) is 67.9 Å². The van der Waals surface area contributed by atoms with Crippen LogP contribution in [0.1, 0.15) is 22.8 Å². The molecule has 6 nitrogen and oxygen atoms in total. The summed E-state index contributed by atoms with van der Waals surface area (Å²) in [6.45, 7) is 2.78. The zero-order valence-corrected chi connectivity index (χ0v) is 16.4. The maximum Gasteiger partial charge on any atom is 0.338 e. The molecule has 0 atom stereocenters. The first-order valence-electron chi connectivity index (χ1n) is 8.51. The number of hydrogen-bond acceptors (Lipinski definition) is 5. The molecular weight excluding hydrogens is 368 g/mol. The standard InChI is InChI=1S/C20H23ClN2O4/c1-4-27-20(25)14-5-8-17(9-6-14)22-19(24)13-23(2)12-15-11-16(21)7-10-18(15)26-3/h5-11H,4,12-13H2,1-3H3,(H,22,24). The molecule has 1 amide bonds. The van der Waals surface area contributed by atoms with Crippen LogP contribution in [0.25, 0.3) is 0 Å². The van der Waals surface area contributed by atoms with E-state index in [1.807, 2.05) is 18.0 Å². The summed E-state index contributed by atoms with van der Waals surface area (Å²) in [6.07, 6.45) is 0. The van der Waals surface area contributed by atoms with Gasteiger partial charge in [0.15, 0.2) is 0 Å². The quantitative estimate of drug-likeness (QED) is 0.697. The Hall–Kier alpha value is -2.57. The summed E-state index contributed by atoms with van der Waals surface area (Å²) in [5.74, 6) is 0.175. The van der Waals surface area contributed by atoms with E-state index in [9.17, 15) is 9.59 Å². The van der Waals surface area contributed by atoms with Crippen LogP contribution in [0.2, 0.25) is 5.02 Å². The molecule has 0 radical (unpaired) electrons. The average Bonchev–Trinajstić information content (AvgIpc) is 2.62. The van der Waals surface area contributed by atoms with Crippen LogP contribution in [0.4, 0.5) is 5.69 Å². The number of ether oxygens (including phenoxy) is 2. The second-order valence-electron chi connectivity index (χ2n) is 5.97. The fourth-order valence-electron chi connectivity index (χ4n) is 2.57. The summed E-state index contributed by atoms with van der Waals surface area (Å²) >= 11 is 6.04. The number of carbonyl (C=O) groups is 2. The highest BCUT2D eigenvalue weighted by Crippen LogP contribution is 2.23. The molecule has 0 saturated heterocycles. The highest BCUT2D eigenvalue weighted by atomic mass is 35.5. The molecule has 0 spiro atoms. The minimum Gasteiger partial charge on any atom is -0.496 e. The van der Waals surface area contributed by atoms with Crippen molar-refractivity contribution in [3.8, 4) is 5.75 Å². The van der Waals surface area contributed by atoms with Gasteiger partial charge in [-0.1, -0.05) is 11.6 Å². The Kier molecular flexibility index (Phi) is 7.64. The van der Waals surface area contributed by atoms with E-state index in [-0.39, 0.29) is 18.4 Å². The third kappa shape index (κ3) is 6.27. The van der Waals surface area contributed by atoms with E-state index in [2.05, 4.69) is 5.32 Å². The highest BCUT2D eigenvalue weighted by molar-refractivity contribution is 6.30. The minimum atomic E-state index is -0.384. The summed E-state index contributed by atoms with van der Waals surface area (Å²) in [6, 6.07) is 12.0. The van der Waals surface area contributed by atoms with Gasteiger partial charge in [0, 0.05) is 22.8 Å². The molecule has 0 heterocycles. The summed E-state index contributed by atoms with van der Waals surface area (Å²) in [5.41, 5.74) is 1.96. The number of amides is 1. The van der Waals surface area contributed by atoms with Gasteiger partial charge in [0.25, 0.3) is 0 Å². The van der Waals surface area contributed by atoms with Gasteiger partial charge < -0.3 is 14.8 Å². The molecular formula is C20H23ClN2O4. The maximum atomic E-state index is 12.3. The van der Waals surface area contributed by atoms with Crippen molar-refractivity contribution in [2.75, 3.05) is 32.6 Å². The second-order valence-corrected chi connectivity index (χ2v) is 6.41. The van der Waals surface area contributed by atoms with Gasteiger partial charge in [-0.05, 0) is 56.4 Å². The first-order valence-corrected chi connectivity index (χ1v) is 8.88. The smallest absolute Gasteiger partial charge is 0.338 e. The van der Waals surface area contributed by atoms with Gasteiger partial charge in [-0.25, -0.2) is 4.79 Å². The van der Waals surface area contributed by atoms with Crippen LogP contribution in [-0.4, -0.2) is 44.1 Å². The van der Waals surface area contributed by atoms with Crippen LogP contribution in [-0.2, 0) is 16.1 Å². The van der Waals surface area contributed by atoms with Gasteiger partial charge in [0.2, 0.25) is 5.91 Å². The van der Waals surface area contributed by atoms with Crippen LogP contribution in [0.15, 0.2) is 42.5 Å². The lowest BCUT2D eigenvalue weighted by atomic mass is 10.2. The van der Waals surface area contributed by atoms with Crippen molar-refractivity contribution in [1.82, 2.24) is 4.90 Å². The van der Waals surface area contributed by atoms with Crippen LogP contribution < -0.4 is 10.1 Å². The van der Waals surface area contributed by atoms with Crippen molar-refractivity contribution in [1.29, 1.82) is 0 Å². The number of benzene rings is 2. The van der Waals surface area contributed by atoms with Gasteiger partial charge in [-0.15, -0.1) is 0 Å². The Morgan fingerprint density at radius 2 is 1.85 bits per heavy atom. The molecule has 0 aliphatic heterocycles. The number of esters is 1. The zero-order chi connectivity index (χ0) is 19.8. The highest BCUT2D eigenvalue weighted by Gasteiger charge is 2.12. The predicted molar refractivity (Wildman–Crippen MR) is 105 cm³/mol. The molecule has 7 heteroatoms. The van der Waals surface area contributed by atoms with Crippen molar-refractivity contribution < 1.29 is 19.1 Å². The van der Waals surface area contributed by atoms with Gasteiger partial charge in [-0.3, -0.25) is 9.69 Å². The number of carbonyl (C=O) groups excluding carboxylic acids is 2. The first kappa shape index (κ1) is 20.7. The van der Waals surface area contributed by atoms with Crippen LogP contribution in [0.5, 0.6) is 5.75 Å². The zero-order valence-electron chi connectivity index (χ0n) is 15.6. The summed E-state index contributed by atoms with van der Waals surface area (Å²) in [4.78, 5) is 25.7. The molecule has 144 valence electrons. The monoisotopic (exact) mass is 390 g/mol. The molecule has 1 N–H and O–H groups in total. The summed E-state index contributed by atoms with van der Waals surface area (Å²) in [7, 11) is 3.43. The SMILES string of the molecule is CCOC(=O)c1ccc(NC(=O)CN(C)Cc2cc(Cl)ccc2OC)cc1. The molecule has 2 aromatic rings.